The zero-order valence-electron chi connectivity index (χ0n) is 6.83. The number of rotatable bonds is 4. The summed E-state index contributed by atoms with van der Waals surface area (Å²) in [6.07, 6.45) is 0.930. The topological polar surface area (TPSA) is 106 Å². The highest BCUT2D eigenvalue weighted by Gasteiger charge is 2.13. The average molecular weight is 172 g/mol. The summed E-state index contributed by atoms with van der Waals surface area (Å²) in [5.74, 6) is -2.07. The maximum absolute atomic E-state index is 10.7. The first-order chi connectivity index (χ1) is 5.50. The van der Waals surface area contributed by atoms with E-state index in [2.05, 4.69) is 0 Å². The van der Waals surface area contributed by atoms with E-state index in [1.807, 2.05) is 0 Å². The van der Waals surface area contributed by atoms with Crippen LogP contribution in [-0.2, 0) is 9.59 Å². The molecule has 0 aromatic rings. The van der Waals surface area contributed by atoms with Gasteiger partial charge in [0.15, 0.2) is 0 Å². The second-order valence-corrected chi connectivity index (χ2v) is 2.31. The molecule has 0 atom stereocenters. The van der Waals surface area contributed by atoms with Crippen LogP contribution in [-0.4, -0.2) is 17.0 Å². The number of carboxylic acid groups (broad SMARTS) is 1. The van der Waals surface area contributed by atoms with Crippen LogP contribution in [0.4, 0.5) is 0 Å². The van der Waals surface area contributed by atoms with E-state index in [9.17, 15) is 9.59 Å². The third-order valence-corrected chi connectivity index (χ3v) is 1.35. The molecule has 0 rings (SSSR count). The van der Waals surface area contributed by atoms with Crippen molar-refractivity contribution in [2.24, 2.45) is 11.5 Å². The van der Waals surface area contributed by atoms with Crippen molar-refractivity contribution in [1.29, 1.82) is 0 Å². The monoisotopic (exact) mass is 172 g/mol. The van der Waals surface area contributed by atoms with Gasteiger partial charge in [-0.1, -0.05) is 13.3 Å². The van der Waals surface area contributed by atoms with Gasteiger partial charge in [-0.05, 0) is 6.42 Å². The molecule has 0 unspecified atom stereocenters. The van der Waals surface area contributed by atoms with Gasteiger partial charge in [0, 0.05) is 5.57 Å². The van der Waals surface area contributed by atoms with Gasteiger partial charge < -0.3 is 16.6 Å². The lowest BCUT2D eigenvalue weighted by Gasteiger charge is -2.02. The van der Waals surface area contributed by atoms with Gasteiger partial charge in [0.05, 0.1) is 0 Å². The normalized spacial score (nSPS) is 12.1. The van der Waals surface area contributed by atoms with Gasteiger partial charge in [0.2, 0.25) is 5.91 Å². The Morgan fingerprint density at radius 2 is 1.83 bits per heavy atom. The van der Waals surface area contributed by atoms with Crippen LogP contribution in [0.15, 0.2) is 11.3 Å². The molecule has 5 nitrogen and oxygen atoms in total. The summed E-state index contributed by atoms with van der Waals surface area (Å²) in [7, 11) is 0. The molecule has 0 saturated carbocycles. The molecule has 12 heavy (non-hydrogen) atoms. The maximum atomic E-state index is 10.7. The fourth-order valence-corrected chi connectivity index (χ4v) is 0.770. The number of hydrogen-bond acceptors (Lipinski definition) is 3. The summed E-state index contributed by atoms with van der Waals surface area (Å²) in [5, 5.41) is 8.44. The van der Waals surface area contributed by atoms with Gasteiger partial charge in [-0.2, -0.15) is 0 Å². The zero-order valence-corrected chi connectivity index (χ0v) is 6.83. The van der Waals surface area contributed by atoms with Gasteiger partial charge in [0.1, 0.15) is 5.70 Å². The summed E-state index contributed by atoms with van der Waals surface area (Å²) >= 11 is 0. The van der Waals surface area contributed by atoms with E-state index in [-0.39, 0.29) is 5.57 Å². The number of nitrogens with two attached hydrogens (primary N) is 2. The second kappa shape index (κ2) is 4.38. The SMILES string of the molecule is CCC/C(C(N)=O)=C(\N)C(=O)O. The van der Waals surface area contributed by atoms with Crippen LogP contribution in [0.3, 0.4) is 0 Å². The highest BCUT2D eigenvalue weighted by atomic mass is 16.4. The van der Waals surface area contributed by atoms with Crippen LogP contribution in [0.25, 0.3) is 0 Å². The molecule has 0 heterocycles. The Bertz CT molecular complexity index is 233. The lowest BCUT2D eigenvalue weighted by molar-refractivity contribution is -0.133. The van der Waals surface area contributed by atoms with Crippen molar-refractivity contribution in [3.63, 3.8) is 0 Å². The number of carbonyl (C=O) groups is 2. The standard InChI is InChI=1S/C7H12N2O3/c1-2-3-4(6(9)10)5(8)7(11)12/h2-3,8H2,1H3,(H2,9,10)(H,11,12)/b5-4+. The smallest absolute Gasteiger partial charge is 0.352 e. The molecular formula is C7H12N2O3. The Hall–Kier alpha value is -1.52. The number of carbonyl (C=O) groups excluding carboxylic acids is 1. The molecule has 0 aliphatic rings. The lowest BCUT2D eigenvalue weighted by atomic mass is 10.1. The molecule has 0 aromatic heterocycles. The van der Waals surface area contributed by atoms with E-state index in [0.717, 1.165) is 0 Å². The predicted octanol–water partition coefficient (Wildman–Crippen LogP) is -0.431. The highest BCUT2D eigenvalue weighted by Crippen LogP contribution is 2.06. The van der Waals surface area contributed by atoms with Gasteiger partial charge in [-0.25, -0.2) is 4.79 Å². The molecule has 5 N–H and O–H groups in total. The molecule has 0 aromatic carbocycles. The van der Waals surface area contributed by atoms with Crippen LogP contribution < -0.4 is 11.5 Å². The molecule has 0 saturated heterocycles. The molecule has 0 bridgehead atoms. The number of carboxylic acids is 1. The molecule has 0 fully saturated rings. The Labute approximate surface area is 70.0 Å². The first-order valence-electron chi connectivity index (χ1n) is 3.52. The van der Waals surface area contributed by atoms with E-state index in [1.165, 1.54) is 0 Å². The Morgan fingerprint density at radius 1 is 1.33 bits per heavy atom. The van der Waals surface area contributed by atoms with Gasteiger partial charge in [-0.3, -0.25) is 4.79 Å². The van der Waals surface area contributed by atoms with E-state index in [0.29, 0.717) is 12.8 Å². The van der Waals surface area contributed by atoms with Crippen molar-refractivity contribution in [1.82, 2.24) is 0 Å². The molecule has 0 aliphatic heterocycles. The highest BCUT2D eigenvalue weighted by molar-refractivity contribution is 6.00. The summed E-state index contributed by atoms with van der Waals surface area (Å²) in [6.45, 7) is 1.80. The number of aliphatic carboxylic acids is 1. The van der Waals surface area contributed by atoms with Crippen molar-refractivity contribution in [2.45, 2.75) is 19.8 Å². The van der Waals surface area contributed by atoms with E-state index < -0.39 is 17.6 Å². The predicted molar refractivity (Wildman–Crippen MR) is 43.0 cm³/mol. The summed E-state index contributed by atoms with van der Waals surface area (Å²) in [6, 6.07) is 0. The van der Waals surface area contributed by atoms with Crippen molar-refractivity contribution in [3.05, 3.63) is 11.3 Å². The van der Waals surface area contributed by atoms with Crippen molar-refractivity contribution >= 4 is 11.9 Å². The van der Waals surface area contributed by atoms with E-state index in [1.54, 1.807) is 6.92 Å². The first-order valence-corrected chi connectivity index (χ1v) is 3.52. The third-order valence-electron chi connectivity index (χ3n) is 1.35. The Morgan fingerprint density at radius 3 is 2.08 bits per heavy atom. The minimum atomic E-state index is -1.31. The van der Waals surface area contributed by atoms with Gasteiger partial charge in [-0.15, -0.1) is 0 Å². The van der Waals surface area contributed by atoms with Crippen molar-refractivity contribution in [2.75, 3.05) is 0 Å². The molecule has 68 valence electrons. The minimum Gasteiger partial charge on any atom is -0.477 e. The fraction of sp³-hybridized carbons (Fsp3) is 0.429. The van der Waals surface area contributed by atoms with Crippen LogP contribution in [0.2, 0.25) is 0 Å². The lowest BCUT2D eigenvalue weighted by Crippen LogP contribution is -2.22. The van der Waals surface area contributed by atoms with Gasteiger partial charge >= 0.3 is 5.97 Å². The summed E-state index contributed by atoms with van der Waals surface area (Å²) in [5.41, 5.74) is 9.58. The molecular weight excluding hydrogens is 160 g/mol. The Kier molecular flexibility index (Phi) is 3.82. The largest absolute Gasteiger partial charge is 0.477 e. The number of primary amides is 1. The van der Waals surface area contributed by atoms with Crippen LogP contribution in [0.1, 0.15) is 19.8 Å². The quantitative estimate of drug-likeness (QED) is 0.500. The summed E-state index contributed by atoms with van der Waals surface area (Å²) in [4.78, 5) is 21.0. The van der Waals surface area contributed by atoms with Crippen molar-refractivity contribution in [3.8, 4) is 0 Å². The second-order valence-electron chi connectivity index (χ2n) is 2.31. The van der Waals surface area contributed by atoms with Crippen LogP contribution in [0.5, 0.6) is 0 Å². The maximum Gasteiger partial charge on any atom is 0.352 e. The van der Waals surface area contributed by atoms with Crippen LogP contribution >= 0.6 is 0 Å². The molecule has 5 heteroatoms. The van der Waals surface area contributed by atoms with E-state index >= 15 is 0 Å². The van der Waals surface area contributed by atoms with Crippen molar-refractivity contribution < 1.29 is 14.7 Å². The molecule has 0 aliphatic carbocycles. The van der Waals surface area contributed by atoms with Crippen LogP contribution in [0, 0.1) is 0 Å². The van der Waals surface area contributed by atoms with Gasteiger partial charge in [0.25, 0.3) is 0 Å². The fourth-order valence-electron chi connectivity index (χ4n) is 0.770. The average Bonchev–Trinajstić information content (AvgIpc) is 1.98. The molecule has 0 radical (unpaired) electrons. The zero-order chi connectivity index (χ0) is 9.72. The number of hydrogen-bond donors (Lipinski definition) is 3. The molecule has 0 spiro atoms. The van der Waals surface area contributed by atoms with E-state index in [4.69, 9.17) is 16.6 Å². The molecule has 1 amide bonds. The summed E-state index contributed by atoms with van der Waals surface area (Å²) < 4.78 is 0. The third kappa shape index (κ3) is 2.61. The minimum absolute atomic E-state index is 0.00926. The Balaban J connectivity index is 4.80. The number of amides is 1. The first kappa shape index (κ1) is 10.5.